The van der Waals surface area contributed by atoms with Crippen LogP contribution in [-0.4, -0.2) is 19.1 Å². The molecule has 2 aromatic carbocycles. The molecule has 1 N–H and O–H groups in total. The Balaban J connectivity index is 2.23. The van der Waals surface area contributed by atoms with Gasteiger partial charge >= 0.3 is 5.97 Å². The van der Waals surface area contributed by atoms with Crippen molar-refractivity contribution >= 4 is 45.6 Å². The van der Waals surface area contributed by atoms with Crippen molar-refractivity contribution in [2.24, 2.45) is 0 Å². The van der Waals surface area contributed by atoms with E-state index in [4.69, 9.17) is 27.6 Å². The largest absolute Gasteiger partial charge is 0.468 e. The number of carbonyl (C=O) groups is 1. The summed E-state index contributed by atoms with van der Waals surface area (Å²) < 4.78 is 10.4. The molecule has 0 bridgehead atoms. The van der Waals surface area contributed by atoms with Gasteiger partial charge in [-0.25, -0.2) is 5.09 Å². The molecular formula is C14H15ClNO3PS. The number of esters is 1. The third-order valence-electron chi connectivity index (χ3n) is 2.87. The summed E-state index contributed by atoms with van der Waals surface area (Å²) in [5, 5.41) is 4.76. The summed E-state index contributed by atoms with van der Waals surface area (Å²) in [6.45, 7) is 1.63. The van der Waals surface area contributed by atoms with E-state index in [1.54, 1.807) is 13.0 Å². The maximum atomic E-state index is 11.4. The van der Waals surface area contributed by atoms with Crippen LogP contribution < -0.4 is 9.61 Å². The lowest BCUT2D eigenvalue weighted by molar-refractivity contribution is -0.142. The fraction of sp³-hybridized carbons (Fsp3) is 0.214. The van der Waals surface area contributed by atoms with E-state index >= 15 is 0 Å². The van der Waals surface area contributed by atoms with Gasteiger partial charge in [-0.15, -0.1) is 0 Å². The van der Waals surface area contributed by atoms with Crippen LogP contribution in [0.15, 0.2) is 42.5 Å². The number of methoxy groups -OCH3 is 1. The quantitative estimate of drug-likeness (QED) is 0.660. The fourth-order valence-corrected chi connectivity index (χ4v) is 4.30. The Morgan fingerprint density at radius 2 is 1.95 bits per heavy atom. The van der Waals surface area contributed by atoms with Gasteiger partial charge in [0.2, 0.25) is 0 Å². The molecule has 0 aromatic heterocycles. The second-order valence-corrected chi connectivity index (χ2v) is 9.39. The van der Waals surface area contributed by atoms with Crippen molar-refractivity contribution in [3.05, 3.63) is 42.5 Å². The smallest absolute Gasteiger partial charge is 0.323 e. The molecule has 0 radical (unpaired) electrons. The monoisotopic (exact) mass is 343 g/mol. The molecule has 0 aliphatic carbocycles. The average molecular weight is 344 g/mol. The minimum Gasteiger partial charge on any atom is -0.468 e. The summed E-state index contributed by atoms with van der Waals surface area (Å²) in [5.74, 6) is -2.73. The average Bonchev–Trinajstić information content (AvgIpc) is 2.46. The Bertz CT molecular complexity index is 704. The number of hydrogen-bond donors (Lipinski definition) is 1. The molecule has 0 spiro atoms. The van der Waals surface area contributed by atoms with Crippen molar-refractivity contribution < 1.29 is 14.1 Å². The van der Waals surface area contributed by atoms with E-state index in [0.29, 0.717) is 5.75 Å². The molecule has 0 saturated carbocycles. The number of nitrogens with one attached hydrogen (secondary N) is 1. The van der Waals surface area contributed by atoms with Gasteiger partial charge in [0.1, 0.15) is 11.8 Å². The predicted molar refractivity (Wildman–Crippen MR) is 89.3 cm³/mol. The molecule has 2 rings (SSSR count). The molecule has 0 heterocycles. The Hall–Kier alpha value is -1.13. The number of hydrogen-bond acceptors (Lipinski definition) is 4. The summed E-state index contributed by atoms with van der Waals surface area (Å²) >= 11 is 11.5. The van der Waals surface area contributed by atoms with Gasteiger partial charge in [-0.2, -0.15) is 0 Å². The normalized spacial score (nSPS) is 15.2. The third kappa shape index (κ3) is 4.17. The lowest BCUT2D eigenvalue weighted by Crippen LogP contribution is -2.32. The number of fused-ring (bicyclic) bond motifs is 1. The van der Waals surface area contributed by atoms with Crippen molar-refractivity contribution in [2.45, 2.75) is 13.0 Å². The molecule has 0 aliphatic heterocycles. The fourth-order valence-electron chi connectivity index (χ4n) is 1.89. The Kier molecular flexibility index (Phi) is 5.22. The van der Waals surface area contributed by atoms with Crippen molar-refractivity contribution in [1.82, 2.24) is 5.09 Å². The summed E-state index contributed by atoms with van der Waals surface area (Å²) in [4.78, 5) is 11.4. The predicted octanol–water partition coefficient (Wildman–Crippen LogP) is 3.83. The highest BCUT2D eigenvalue weighted by atomic mass is 35.7. The highest BCUT2D eigenvalue weighted by Gasteiger charge is 2.24. The maximum Gasteiger partial charge on any atom is 0.323 e. The third-order valence-corrected chi connectivity index (χ3v) is 5.03. The molecule has 4 nitrogen and oxygen atoms in total. The standard InChI is InChI=1S/C14H15ClNO3PS/c1-10(14(17)18-2)16-20(15,21)19-13-9-5-7-11-6-3-4-8-12(11)13/h3-10H,1-2H3,(H,16,21)/t10-,20+/m0/s1. The lowest BCUT2D eigenvalue weighted by atomic mass is 10.1. The van der Waals surface area contributed by atoms with E-state index in [2.05, 4.69) is 9.82 Å². The number of ether oxygens (including phenoxy) is 1. The van der Waals surface area contributed by atoms with Crippen molar-refractivity contribution in [3.63, 3.8) is 0 Å². The van der Waals surface area contributed by atoms with Gasteiger partial charge in [-0.3, -0.25) is 4.79 Å². The molecule has 7 heteroatoms. The SMILES string of the molecule is COC(=O)[C@H](C)N[P@](=S)(Cl)Oc1cccc2ccccc12. The highest BCUT2D eigenvalue weighted by molar-refractivity contribution is 8.23. The highest BCUT2D eigenvalue weighted by Crippen LogP contribution is 2.50. The van der Waals surface area contributed by atoms with Crippen LogP contribution in [0.4, 0.5) is 0 Å². The Labute approximate surface area is 133 Å². The van der Waals surface area contributed by atoms with Crippen LogP contribution in [0.2, 0.25) is 0 Å². The lowest BCUT2D eigenvalue weighted by Gasteiger charge is -2.21. The zero-order valence-corrected chi connectivity index (χ0v) is 14.0. The Morgan fingerprint density at radius 3 is 2.67 bits per heavy atom. The van der Waals surface area contributed by atoms with Crippen LogP contribution >= 0.6 is 17.0 Å². The van der Waals surface area contributed by atoms with Gasteiger partial charge in [0.25, 0.3) is 5.77 Å². The minimum absolute atomic E-state index is 0.439. The second kappa shape index (κ2) is 6.75. The number of halogens is 1. The van der Waals surface area contributed by atoms with Crippen LogP contribution in [0.1, 0.15) is 6.92 Å². The topological polar surface area (TPSA) is 47.6 Å². The van der Waals surface area contributed by atoms with E-state index in [-0.39, 0.29) is 0 Å². The first-order valence-corrected chi connectivity index (χ1v) is 9.88. The maximum absolute atomic E-state index is 11.4. The van der Waals surface area contributed by atoms with Crippen molar-refractivity contribution in [1.29, 1.82) is 0 Å². The van der Waals surface area contributed by atoms with E-state index in [9.17, 15) is 4.79 Å². The van der Waals surface area contributed by atoms with Gasteiger partial charge in [-0.05, 0) is 41.4 Å². The van der Waals surface area contributed by atoms with Crippen LogP contribution in [-0.2, 0) is 21.3 Å². The molecular weight excluding hydrogens is 329 g/mol. The molecule has 112 valence electrons. The number of benzene rings is 2. The zero-order chi connectivity index (χ0) is 15.5. The van der Waals surface area contributed by atoms with E-state index in [1.165, 1.54) is 7.11 Å². The summed E-state index contributed by atoms with van der Waals surface area (Å²) in [7, 11) is 1.31. The summed E-state index contributed by atoms with van der Waals surface area (Å²) in [6, 6.07) is 12.8. The van der Waals surface area contributed by atoms with Crippen molar-refractivity contribution in [2.75, 3.05) is 7.11 Å². The van der Waals surface area contributed by atoms with Crippen LogP contribution in [0, 0.1) is 0 Å². The Morgan fingerprint density at radius 1 is 1.29 bits per heavy atom. The van der Waals surface area contributed by atoms with E-state index in [1.807, 2.05) is 36.4 Å². The number of rotatable bonds is 5. The first-order valence-electron chi connectivity index (χ1n) is 6.25. The molecule has 2 aromatic rings. The zero-order valence-electron chi connectivity index (χ0n) is 11.6. The molecule has 0 unspecified atom stereocenters. The number of carbonyl (C=O) groups excluding carboxylic acids is 1. The molecule has 0 saturated heterocycles. The molecule has 0 aliphatic rings. The van der Waals surface area contributed by atoms with Crippen LogP contribution in [0.5, 0.6) is 5.75 Å². The van der Waals surface area contributed by atoms with Gasteiger partial charge < -0.3 is 9.26 Å². The first kappa shape index (κ1) is 16.2. The minimum atomic E-state index is -2.89. The van der Waals surface area contributed by atoms with E-state index in [0.717, 1.165) is 10.8 Å². The second-order valence-electron chi connectivity index (χ2n) is 4.42. The molecule has 2 atom stereocenters. The molecule has 21 heavy (non-hydrogen) atoms. The summed E-state index contributed by atoms with van der Waals surface area (Å²) in [5.41, 5.74) is 0. The van der Waals surface area contributed by atoms with Gasteiger partial charge in [-0.1, -0.05) is 36.4 Å². The molecule has 0 fully saturated rings. The van der Waals surface area contributed by atoms with Gasteiger partial charge in [0.15, 0.2) is 0 Å². The van der Waals surface area contributed by atoms with Gasteiger partial charge in [0, 0.05) is 5.39 Å². The molecule has 0 amide bonds. The van der Waals surface area contributed by atoms with Crippen LogP contribution in [0.3, 0.4) is 0 Å². The van der Waals surface area contributed by atoms with Crippen molar-refractivity contribution in [3.8, 4) is 5.75 Å². The summed E-state index contributed by atoms with van der Waals surface area (Å²) in [6.07, 6.45) is 0. The first-order chi connectivity index (χ1) is 9.93. The van der Waals surface area contributed by atoms with Gasteiger partial charge in [0.05, 0.1) is 7.11 Å². The van der Waals surface area contributed by atoms with E-state index < -0.39 is 17.8 Å². The van der Waals surface area contributed by atoms with Crippen LogP contribution in [0.25, 0.3) is 10.8 Å².